The zero-order valence-corrected chi connectivity index (χ0v) is 12.0. The van der Waals surface area contributed by atoms with E-state index in [0.717, 1.165) is 23.3 Å². The number of nitrogens with one attached hydrogen (secondary N) is 1. The highest BCUT2D eigenvalue weighted by Crippen LogP contribution is 2.13. The fourth-order valence-electron chi connectivity index (χ4n) is 1.24. The van der Waals surface area contributed by atoms with E-state index < -0.39 is 0 Å². The summed E-state index contributed by atoms with van der Waals surface area (Å²) in [6.45, 7) is 9.48. The minimum atomic E-state index is 0. The summed E-state index contributed by atoms with van der Waals surface area (Å²) in [5, 5.41) is 3.26. The smallest absolute Gasteiger partial charge is 0.120 e. The Labute approximate surface area is 117 Å². The van der Waals surface area contributed by atoms with Crippen LogP contribution >= 0.6 is 28.3 Å². The molecule has 1 aromatic carbocycles. The zero-order valence-electron chi connectivity index (χ0n) is 9.62. The maximum atomic E-state index is 5.45. The first-order valence-corrected chi connectivity index (χ1v) is 5.88. The van der Waals surface area contributed by atoms with E-state index >= 15 is 0 Å². The number of benzene rings is 1. The van der Waals surface area contributed by atoms with Crippen molar-refractivity contribution < 1.29 is 4.74 Å². The van der Waals surface area contributed by atoms with Gasteiger partial charge in [-0.15, -0.1) is 12.4 Å². The number of halogens is 2. The molecule has 0 saturated heterocycles. The van der Waals surface area contributed by atoms with Gasteiger partial charge >= 0.3 is 0 Å². The predicted octanol–water partition coefficient (Wildman–Crippen LogP) is 3.67. The van der Waals surface area contributed by atoms with Crippen molar-refractivity contribution in [3.05, 3.63) is 53.5 Å². The van der Waals surface area contributed by atoms with Crippen LogP contribution in [-0.2, 0) is 6.54 Å². The molecule has 94 valence electrons. The molecule has 4 heteroatoms. The van der Waals surface area contributed by atoms with Gasteiger partial charge in [0.25, 0.3) is 0 Å². The van der Waals surface area contributed by atoms with Crippen molar-refractivity contribution in [1.29, 1.82) is 0 Å². The van der Waals surface area contributed by atoms with Crippen LogP contribution in [0.4, 0.5) is 0 Å². The lowest BCUT2D eigenvalue weighted by Crippen LogP contribution is -2.14. The predicted molar refractivity (Wildman–Crippen MR) is 79.2 cm³/mol. The van der Waals surface area contributed by atoms with Gasteiger partial charge in [-0.25, -0.2) is 0 Å². The van der Waals surface area contributed by atoms with Crippen molar-refractivity contribution in [2.45, 2.75) is 6.54 Å². The molecule has 0 aliphatic heterocycles. The normalized spacial score (nSPS) is 9.24. The van der Waals surface area contributed by atoms with E-state index in [4.69, 9.17) is 4.74 Å². The van der Waals surface area contributed by atoms with Crippen molar-refractivity contribution in [2.75, 3.05) is 13.2 Å². The van der Waals surface area contributed by atoms with Crippen LogP contribution in [0.2, 0.25) is 0 Å². The summed E-state index contributed by atoms with van der Waals surface area (Å²) in [4.78, 5) is 0. The topological polar surface area (TPSA) is 21.3 Å². The van der Waals surface area contributed by atoms with Crippen LogP contribution in [0, 0.1) is 0 Å². The Kier molecular flexibility index (Phi) is 8.86. The van der Waals surface area contributed by atoms with Gasteiger partial charge in [0.1, 0.15) is 12.4 Å². The molecule has 1 aromatic rings. The van der Waals surface area contributed by atoms with Crippen LogP contribution in [0.15, 0.2) is 48.0 Å². The van der Waals surface area contributed by atoms with E-state index in [1.165, 1.54) is 5.56 Å². The fraction of sp³-hybridized carbons (Fsp3) is 0.231. The van der Waals surface area contributed by atoms with Gasteiger partial charge in [-0.3, -0.25) is 0 Å². The van der Waals surface area contributed by atoms with Crippen LogP contribution < -0.4 is 10.1 Å². The summed E-state index contributed by atoms with van der Waals surface area (Å²) in [7, 11) is 0. The molecule has 0 atom stereocenters. The molecule has 0 aromatic heterocycles. The standard InChI is InChI=1S/C13H16BrNO.ClH/c1-3-7-16-13-6-4-5-12(8-13)10-15-9-11(2)14;/h3-6,8,15H,1-2,7,9-10H2;1H. The second-order valence-corrected chi connectivity index (χ2v) is 4.49. The molecule has 0 heterocycles. The van der Waals surface area contributed by atoms with Crippen molar-refractivity contribution in [2.24, 2.45) is 0 Å². The summed E-state index contributed by atoms with van der Waals surface area (Å²) in [6, 6.07) is 8.01. The molecule has 0 amide bonds. The molecule has 0 radical (unpaired) electrons. The number of hydrogen-bond acceptors (Lipinski definition) is 2. The maximum Gasteiger partial charge on any atom is 0.120 e. The molecule has 0 unspecified atom stereocenters. The highest BCUT2D eigenvalue weighted by Gasteiger charge is 1.96. The Morgan fingerprint density at radius 3 is 2.88 bits per heavy atom. The quantitative estimate of drug-likeness (QED) is 0.775. The lowest BCUT2D eigenvalue weighted by molar-refractivity contribution is 0.363. The van der Waals surface area contributed by atoms with E-state index in [9.17, 15) is 0 Å². The number of rotatable bonds is 7. The molecule has 0 fully saturated rings. The SMILES string of the molecule is C=CCOc1cccc(CNCC(=C)Br)c1.Cl. The third kappa shape index (κ3) is 7.21. The van der Waals surface area contributed by atoms with Gasteiger partial charge in [0, 0.05) is 17.6 Å². The molecular formula is C13H17BrClNO. The fourth-order valence-corrected chi connectivity index (χ4v) is 1.44. The largest absolute Gasteiger partial charge is 0.490 e. The van der Waals surface area contributed by atoms with E-state index in [-0.39, 0.29) is 12.4 Å². The van der Waals surface area contributed by atoms with Crippen molar-refractivity contribution in [3.63, 3.8) is 0 Å². The van der Waals surface area contributed by atoms with E-state index in [1.54, 1.807) is 6.08 Å². The summed E-state index contributed by atoms with van der Waals surface area (Å²) in [6.07, 6.45) is 1.74. The van der Waals surface area contributed by atoms with E-state index in [1.807, 2.05) is 18.2 Å². The highest BCUT2D eigenvalue weighted by molar-refractivity contribution is 9.11. The lowest BCUT2D eigenvalue weighted by atomic mass is 10.2. The average molecular weight is 319 g/mol. The Bertz CT molecular complexity index is 368. The lowest BCUT2D eigenvalue weighted by Gasteiger charge is -2.07. The highest BCUT2D eigenvalue weighted by atomic mass is 79.9. The van der Waals surface area contributed by atoms with Gasteiger partial charge in [-0.05, 0) is 17.7 Å². The van der Waals surface area contributed by atoms with Crippen molar-refractivity contribution >= 4 is 28.3 Å². The third-order valence-corrected chi connectivity index (χ3v) is 2.19. The van der Waals surface area contributed by atoms with Crippen LogP contribution in [-0.4, -0.2) is 13.2 Å². The Morgan fingerprint density at radius 2 is 2.24 bits per heavy atom. The molecule has 0 aliphatic carbocycles. The number of ether oxygens (including phenoxy) is 1. The van der Waals surface area contributed by atoms with Crippen LogP contribution in [0.1, 0.15) is 5.56 Å². The molecule has 2 nitrogen and oxygen atoms in total. The average Bonchev–Trinajstić information content (AvgIpc) is 2.26. The van der Waals surface area contributed by atoms with Gasteiger partial charge in [0.2, 0.25) is 0 Å². The second kappa shape index (κ2) is 9.28. The van der Waals surface area contributed by atoms with E-state index in [2.05, 4.69) is 40.5 Å². The first kappa shape index (κ1) is 16.2. The minimum Gasteiger partial charge on any atom is -0.490 e. The van der Waals surface area contributed by atoms with Crippen LogP contribution in [0.3, 0.4) is 0 Å². The molecular weight excluding hydrogens is 302 g/mol. The Hall–Kier alpha value is -0.770. The number of hydrogen-bond donors (Lipinski definition) is 1. The molecule has 17 heavy (non-hydrogen) atoms. The summed E-state index contributed by atoms with van der Waals surface area (Å²) < 4.78 is 6.40. The first-order chi connectivity index (χ1) is 7.72. The molecule has 0 spiro atoms. The maximum absolute atomic E-state index is 5.45. The van der Waals surface area contributed by atoms with Crippen molar-refractivity contribution in [1.82, 2.24) is 5.32 Å². The first-order valence-electron chi connectivity index (χ1n) is 5.09. The van der Waals surface area contributed by atoms with Crippen molar-refractivity contribution in [3.8, 4) is 5.75 Å². The molecule has 1 rings (SSSR count). The third-order valence-electron chi connectivity index (χ3n) is 1.91. The molecule has 0 bridgehead atoms. The monoisotopic (exact) mass is 317 g/mol. The summed E-state index contributed by atoms with van der Waals surface area (Å²) in [5.41, 5.74) is 1.19. The Morgan fingerprint density at radius 1 is 1.47 bits per heavy atom. The summed E-state index contributed by atoms with van der Waals surface area (Å²) >= 11 is 3.30. The van der Waals surface area contributed by atoms with Crippen LogP contribution in [0.25, 0.3) is 0 Å². The molecule has 1 N–H and O–H groups in total. The van der Waals surface area contributed by atoms with Gasteiger partial charge in [-0.2, -0.15) is 0 Å². The van der Waals surface area contributed by atoms with Gasteiger partial charge in [-0.1, -0.05) is 47.3 Å². The minimum absolute atomic E-state index is 0. The van der Waals surface area contributed by atoms with E-state index in [0.29, 0.717) is 6.61 Å². The Balaban J connectivity index is 0.00000256. The van der Waals surface area contributed by atoms with Crippen LogP contribution in [0.5, 0.6) is 5.75 Å². The summed E-state index contributed by atoms with van der Waals surface area (Å²) in [5.74, 6) is 0.872. The second-order valence-electron chi connectivity index (χ2n) is 3.37. The van der Waals surface area contributed by atoms with Gasteiger partial charge in [0.05, 0.1) is 0 Å². The molecule has 0 aliphatic rings. The molecule has 0 saturated carbocycles. The zero-order chi connectivity index (χ0) is 11.8. The van der Waals surface area contributed by atoms with Gasteiger partial charge < -0.3 is 10.1 Å². The van der Waals surface area contributed by atoms with Gasteiger partial charge in [0.15, 0.2) is 0 Å².